The maximum Gasteiger partial charge on any atom is 0.237 e. The van der Waals surface area contributed by atoms with Crippen molar-refractivity contribution in [1.29, 1.82) is 0 Å². The van der Waals surface area contributed by atoms with Crippen LogP contribution in [0.25, 0.3) is 0 Å². The van der Waals surface area contributed by atoms with Gasteiger partial charge in [0, 0.05) is 13.1 Å². The van der Waals surface area contributed by atoms with Crippen LogP contribution >= 0.6 is 0 Å². The van der Waals surface area contributed by atoms with Crippen molar-refractivity contribution in [3.05, 3.63) is 47.0 Å². The van der Waals surface area contributed by atoms with E-state index in [1.54, 1.807) is 0 Å². The molecule has 2 rings (SSSR count). The summed E-state index contributed by atoms with van der Waals surface area (Å²) in [4.78, 5) is 12.0. The maximum absolute atomic E-state index is 12.0. The first-order chi connectivity index (χ1) is 8.66. The number of carbonyl (C=O) groups is 1. The molecule has 96 valence electrons. The summed E-state index contributed by atoms with van der Waals surface area (Å²) in [6.45, 7) is 5.44. The second kappa shape index (κ2) is 5.83. The van der Waals surface area contributed by atoms with Gasteiger partial charge in [0.2, 0.25) is 5.91 Å². The molecule has 0 aromatic heterocycles. The Balaban J connectivity index is 1.92. The number of hydrogen-bond donors (Lipinski definition) is 2. The molecule has 0 bridgehead atoms. The van der Waals surface area contributed by atoms with Gasteiger partial charge in [0.15, 0.2) is 0 Å². The number of carbonyl (C=O) groups excluding carboxylic acids is 1. The summed E-state index contributed by atoms with van der Waals surface area (Å²) < 4.78 is 0. The predicted octanol–water partition coefficient (Wildman–Crippen LogP) is 1.78. The van der Waals surface area contributed by atoms with Crippen LogP contribution in [-0.2, 0) is 17.8 Å². The Bertz CT molecular complexity index is 461. The topological polar surface area (TPSA) is 41.1 Å². The number of amides is 1. The Hall–Kier alpha value is -1.61. The van der Waals surface area contributed by atoms with Gasteiger partial charge in [0.05, 0.1) is 6.04 Å². The van der Waals surface area contributed by atoms with Gasteiger partial charge in [-0.2, -0.15) is 0 Å². The van der Waals surface area contributed by atoms with E-state index in [4.69, 9.17) is 0 Å². The second-order valence-corrected chi connectivity index (χ2v) is 4.93. The van der Waals surface area contributed by atoms with E-state index in [-0.39, 0.29) is 11.9 Å². The lowest BCUT2D eigenvalue weighted by Crippen LogP contribution is -2.47. The van der Waals surface area contributed by atoms with E-state index >= 15 is 0 Å². The highest BCUT2D eigenvalue weighted by Gasteiger charge is 2.23. The summed E-state index contributed by atoms with van der Waals surface area (Å²) in [5.41, 5.74) is 3.79. The van der Waals surface area contributed by atoms with Crippen LogP contribution in [-0.4, -0.2) is 18.5 Å². The summed E-state index contributed by atoms with van der Waals surface area (Å²) in [5, 5.41) is 6.22. The van der Waals surface area contributed by atoms with Gasteiger partial charge in [-0.25, -0.2) is 0 Å². The lowest BCUT2D eigenvalue weighted by Gasteiger charge is -2.25. The first-order valence-electron chi connectivity index (χ1n) is 6.38. The first-order valence-corrected chi connectivity index (χ1v) is 6.38. The van der Waals surface area contributed by atoms with Gasteiger partial charge >= 0.3 is 0 Å². The zero-order valence-corrected chi connectivity index (χ0v) is 11.0. The average molecular weight is 244 g/mol. The normalized spacial score (nSPS) is 17.8. The van der Waals surface area contributed by atoms with Crippen LogP contribution in [0.15, 0.2) is 35.9 Å². The van der Waals surface area contributed by atoms with E-state index in [0.717, 1.165) is 13.0 Å². The number of benzene rings is 1. The van der Waals surface area contributed by atoms with Crippen LogP contribution in [0.4, 0.5) is 0 Å². The minimum Gasteiger partial charge on any atom is -0.351 e. The highest BCUT2D eigenvalue weighted by atomic mass is 16.2. The number of nitrogens with one attached hydrogen (secondary N) is 2. The third-order valence-electron chi connectivity index (χ3n) is 3.18. The molecule has 1 atom stereocenters. The molecule has 0 saturated heterocycles. The van der Waals surface area contributed by atoms with Crippen LogP contribution in [0, 0.1) is 0 Å². The molecule has 0 aliphatic carbocycles. The van der Waals surface area contributed by atoms with Crippen molar-refractivity contribution in [3.8, 4) is 0 Å². The van der Waals surface area contributed by atoms with Crippen molar-refractivity contribution in [1.82, 2.24) is 10.6 Å². The summed E-state index contributed by atoms with van der Waals surface area (Å²) in [6.07, 6.45) is 2.80. The highest BCUT2D eigenvalue weighted by Crippen LogP contribution is 2.16. The van der Waals surface area contributed by atoms with Crippen molar-refractivity contribution in [2.24, 2.45) is 0 Å². The van der Waals surface area contributed by atoms with Crippen LogP contribution in [0.5, 0.6) is 0 Å². The Morgan fingerprint density at radius 1 is 1.39 bits per heavy atom. The summed E-state index contributed by atoms with van der Waals surface area (Å²) in [6, 6.07) is 8.18. The Morgan fingerprint density at radius 2 is 2.11 bits per heavy atom. The molecule has 0 radical (unpaired) electrons. The number of rotatable bonds is 3. The van der Waals surface area contributed by atoms with E-state index in [1.807, 2.05) is 32.1 Å². The van der Waals surface area contributed by atoms with Gasteiger partial charge in [-0.15, -0.1) is 0 Å². The molecule has 3 nitrogen and oxygen atoms in total. The Kier molecular flexibility index (Phi) is 4.15. The quantitative estimate of drug-likeness (QED) is 0.796. The molecule has 0 fully saturated rings. The summed E-state index contributed by atoms with van der Waals surface area (Å²) in [7, 11) is 0. The minimum absolute atomic E-state index is 0.0852. The van der Waals surface area contributed by atoms with Gasteiger partial charge in [0.1, 0.15) is 0 Å². The van der Waals surface area contributed by atoms with Crippen LogP contribution < -0.4 is 10.6 Å². The molecule has 2 N–H and O–H groups in total. The monoisotopic (exact) mass is 244 g/mol. The fraction of sp³-hybridized carbons (Fsp3) is 0.400. The molecule has 1 heterocycles. The zero-order chi connectivity index (χ0) is 13.0. The standard InChI is InChI=1S/C15H20N2O/c1-11(2)7-8-16-15(18)14-9-12-5-3-4-6-13(12)10-17-14/h3-7,14,17H,8-10H2,1-2H3,(H,16,18). The van der Waals surface area contributed by atoms with E-state index < -0.39 is 0 Å². The SMILES string of the molecule is CC(C)=CCNC(=O)C1Cc2ccccc2CN1. The van der Waals surface area contributed by atoms with Crippen LogP contribution in [0.2, 0.25) is 0 Å². The lowest BCUT2D eigenvalue weighted by molar-refractivity contribution is -0.123. The van der Waals surface area contributed by atoms with Gasteiger partial charge in [-0.05, 0) is 31.4 Å². The third-order valence-corrected chi connectivity index (χ3v) is 3.18. The Morgan fingerprint density at radius 3 is 2.83 bits per heavy atom. The molecule has 3 heteroatoms. The fourth-order valence-electron chi connectivity index (χ4n) is 2.12. The molecule has 1 unspecified atom stereocenters. The highest BCUT2D eigenvalue weighted by molar-refractivity contribution is 5.82. The molecule has 18 heavy (non-hydrogen) atoms. The van der Waals surface area contributed by atoms with Gasteiger partial charge in [0.25, 0.3) is 0 Å². The molecule has 1 amide bonds. The van der Waals surface area contributed by atoms with E-state index in [9.17, 15) is 4.79 Å². The fourth-order valence-corrected chi connectivity index (χ4v) is 2.12. The predicted molar refractivity (Wildman–Crippen MR) is 73.2 cm³/mol. The molecule has 1 aliphatic heterocycles. The molecule has 0 saturated carbocycles. The van der Waals surface area contributed by atoms with Crippen molar-refractivity contribution in [2.45, 2.75) is 32.9 Å². The largest absolute Gasteiger partial charge is 0.351 e. The first kappa shape index (κ1) is 12.8. The lowest BCUT2D eigenvalue weighted by atomic mass is 9.95. The summed E-state index contributed by atoms with van der Waals surface area (Å²) in [5.74, 6) is 0.0852. The molecule has 1 aromatic rings. The zero-order valence-electron chi connectivity index (χ0n) is 11.0. The number of hydrogen-bond acceptors (Lipinski definition) is 2. The minimum atomic E-state index is -0.106. The van der Waals surface area contributed by atoms with Crippen LogP contribution in [0.3, 0.4) is 0 Å². The molecule has 0 spiro atoms. The molecular formula is C15H20N2O. The smallest absolute Gasteiger partial charge is 0.237 e. The van der Waals surface area contributed by atoms with Gasteiger partial charge in [-0.3, -0.25) is 4.79 Å². The number of allylic oxidation sites excluding steroid dienone is 1. The van der Waals surface area contributed by atoms with Crippen molar-refractivity contribution >= 4 is 5.91 Å². The second-order valence-electron chi connectivity index (χ2n) is 4.93. The van der Waals surface area contributed by atoms with Crippen molar-refractivity contribution in [2.75, 3.05) is 6.54 Å². The molecular weight excluding hydrogens is 224 g/mol. The molecule has 1 aromatic carbocycles. The Labute approximate surface area is 108 Å². The maximum atomic E-state index is 12.0. The van der Waals surface area contributed by atoms with Crippen molar-refractivity contribution in [3.63, 3.8) is 0 Å². The van der Waals surface area contributed by atoms with Crippen LogP contribution in [0.1, 0.15) is 25.0 Å². The number of fused-ring (bicyclic) bond motifs is 1. The van der Waals surface area contributed by atoms with Crippen molar-refractivity contribution < 1.29 is 4.79 Å². The van der Waals surface area contributed by atoms with Gasteiger partial charge in [-0.1, -0.05) is 35.9 Å². The molecule has 1 aliphatic rings. The van der Waals surface area contributed by atoms with E-state index in [2.05, 4.69) is 22.8 Å². The van der Waals surface area contributed by atoms with Gasteiger partial charge < -0.3 is 10.6 Å². The average Bonchev–Trinajstić information content (AvgIpc) is 2.37. The summed E-state index contributed by atoms with van der Waals surface area (Å²) >= 11 is 0. The van der Waals surface area contributed by atoms with E-state index in [0.29, 0.717) is 6.54 Å². The van der Waals surface area contributed by atoms with E-state index in [1.165, 1.54) is 16.7 Å². The third kappa shape index (κ3) is 3.20.